The Bertz CT molecular complexity index is 762. The second-order valence-electron chi connectivity index (χ2n) is 11.0. The highest BCUT2D eigenvalue weighted by molar-refractivity contribution is 5.72. The number of hydrogen-bond donors (Lipinski definition) is 2. The molecule has 0 aromatic heterocycles. The molecule has 0 amide bonds. The molecule has 0 radical (unpaired) electrons. The summed E-state index contributed by atoms with van der Waals surface area (Å²) in [5, 5.41) is 6.69. The average Bonchev–Trinajstić information content (AvgIpc) is 2.88. The van der Waals surface area contributed by atoms with Crippen LogP contribution >= 0.6 is 0 Å². The van der Waals surface area contributed by atoms with Crippen molar-refractivity contribution in [3.63, 3.8) is 0 Å². The summed E-state index contributed by atoms with van der Waals surface area (Å²) >= 11 is 0. The Morgan fingerprint density at radius 2 is 1.89 bits per heavy atom. The van der Waals surface area contributed by atoms with Crippen LogP contribution in [0.25, 0.3) is 5.57 Å². The Labute approximate surface area is 217 Å². The molecule has 1 saturated carbocycles. The Morgan fingerprint density at radius 3 is 2.69 bits per heavy atom. The highest BCUT2D eigenvalue weighted by atomic mass is 14.8. The molecule has 4 atom stereocenters. The van der Waals surface area contributed by atoms with Crippen molar-refractivity contribution < 1.29 is 0 Å². The van der Waals surface area contributed by atoms with E-state index in [2.05, 4.69) is 68.3 Å². The standard InChI is InChI=1S/C33H54N2/c1-6-14-27(2)15-13-24-35-23-10-8-17-29(4)31-19-12-21-33(26-31)32-20-11-18-30(25-32)28(3)16-7-9-22-34-5/h7,9,11,16,18,20,22,25,27,29,31,33-35H,3,6,8,10,12-15,17,19,21,23-24,26H2,1-2,4-5H3/b16-7-,22-9-/t27?,29-,31?,33-/m1/s1. The van der Waals surface area contributed by atoms with E-state index in [1.165, 1.54) is 94.8 Å². The third kappa shape index (κ3) is 11.7. The Balaban J connectivity index is 1.72. The SMILES string of the molecule is C=C(/C=C\C=C/NC)c1cccc([C@@H]2CCCC([C@H](C)CCCCNCCCC(C)CCC)C2)c1. The second-order valence-corrected chi connectivity index (χ2v) is 11.0. The lowest BCUT2D eigenvalue weighted by atomic mass is 9.72. The third-order valence-electron chi connectivity index (χ3n) is 8.01. The molecule has 0 heterocycles. The van der Waals surface area contributed by atoms with E-state index in [1.54, 1.807) is 0 Å². The summed E-state index contributed by atoms with van der Waals surface area (Å²) in [5.74, 6) is 3.31. The smallest absolute Gasteiger partial charge is 0.00277 e. The van der Waals surface area contributed by atoms with Crippen molar-refractivity contribution in [2.75, 3.05) is 20.1 Å². The van der Waals surface area contributed by atoms with Crippen LogP contribution in [0.1, 0.15) is 108 Å². The van der Waals surface area contributed by atoms with Crippen molar-refractivity contribution in [1.29, 1.82) is 0 Å². The average molecular weight is 479 g/mol. The minimum atomic E-state index is 0.703. The zero-order valence-corrected chi connectivity index (χ0v) is 23.3. The fourth-order valence-electron chi connectivity index (χ4n) is 5.75. The van der Waals surface area contributed by atoms with Crippen LogP contribution in [0.15, 0.2) is 55.3 Å². The molecule has 1 aliphatic carbocycles. The topological polar surface area (TPSA) is 24.1 Å². The fraction of sp³-hybridized carbons (Fsp3) is 0.636. The summed E-state index contributed by atoms with van der Waals surface area (Å²) in [6.45, 7) is 13.9. The first-order valence-corrected chi connectivity index (χ1v) is 14.6. The van der Waals surface area contributed by atoms with Gasteiger partial charge in [0.1, 0.15) is 0 Å². The minimum absolute atomic E-state index is 0.703. The molecular formula is C33H54N2. The van der Waals surface area contributed by atoms with Crippen LogP contribution in [0.5, 0.6) is 0 Å². The number of rotatable bonds is 17. The predicted octanol–water partition coefficient (Wildman–Crippen LogP) is 8.88. The van der Waals surface area contributed by atoms with Crippen molar-refractivity contribution in [3.05, 3.63) is 66.4 Å². The van der Waals surface area contributed by atoms with Crippen molar-refractivity contribution in [2.45, 2.75) is 97.3 Å². The second kappa shape index (κ2) is 17.6. The Kier molecular flexibility index (Phi) is 14.8. The molecule has 1 aromatic rings. The molecule has 2 N–H and O–H groups in total. The van der Waals surface area contributed by atoms with Crippen LogP contribution in [-0.4, -0.2) is 20.1 Å². The van der Waals surface area contributed by atoms with E-state index in [1.807, 2.05) is 25.4 Å². The van der Waals surface area contributed by atoms with Gasteiger partial charge < -0.3 is 10.6 Å². The van der Waals surface area contributed by atoms with Gasteiger partial charge in [0.25, 0.3) is 0 Å². The van der Waals surface area contributed by atoms with Gasteiger partial charge in [0.2, 0.25) is 0 Å². The molecule has 196 valence electrons. The highest BCUT2D eigenvalue weighted by Gasteiger charge is 2.27. The number of hydrogen-bond acceptors (Lipinski definition) is 2. The summed E-state index contributed by atoms with van der Waals surface area (Å²) in [4.78, 5) is 0. The molecule has 0 saturated heterocycles. The van der Waals surface area contributed by atoms with Gasteiger partial charge >= 0.3 is 0 Å². The molecule has 35 heavy (non-hydrogen) atoms. The van der Waals surface area contributed by atoms with Crippen LogP contribution in [0.4, 0.5) is 0 Å². The summed E-state index contributed by atoms with van der Waals surface area (Å²) < 4.78 is 0. The van der Waals surface area contributed by atoms with E-state index in [-0.39, 0.29) is 0 Å². The number of benzene rings is 1. The normalized spacial score (nSPS) is 20.3. The van der Waals surface area contributed by atoms with Crippen LogP contribution in [0, 0.1) is 17.8 Å². The molecule has 1 fully saturated rings. The molecule has 1 aromatic carbocycles. The van der Waals surface area contributed by atoms with E-state index in [0.717, 1.165) is 23.3 Å². The molecule has 2 nitrogen and oxygen atoms in total. The van der Waals surface area contributed by atoms with Gasteiger partial charge in [-0.3, -0.25) is 0 Å². The number of unbranched alkanes of at least 4 members (excludes halogenated alkanes) is 1. The van der Waals surface area contributed by atoms with Crippen molar-refractivity contribution in [1.82, 2.24) is 10.6 Å². The molecule has 0 spiro atoms. The van der Waals surface area contributed by atoms with E-state index < -0.39 is 0 Å². The van der Waals surface area contributed by atoms with Gasteiger partial charge in [-0.1, -0.05) is 102 Å². The number of nitrogens with one attached hydrogen (secondary N) is 2. The first-order valence-electron chi connectivity index (χ1n) is 14.6. The molecule has 2 unspecified atom stereocenters. The molecule has 0 bridgehead atoms. The van der Waals surface area contributed by atoms with Gasteiger partial charge in [0, 0.05) is 7.05 Å². The van der Waals surface area contributed by atoms with E-state index in [0.29, 0.717) is 5.92 Å². The van der Waals surface area contributed by atoms with Crippen LogP contribution in [0.3, 0.4) is 0 Å². The monoisotopic (exact) mass is 478 g/mol. The summed E-state index contributed by atoms with van der Waals surface area (Å²) in [5.41, 5.74) is 3.84. The van der Waals surface area contributed by atoms with E-state index >= 15 is 0 Å². The zero-order chi connectivity index (χ0) is 25.3. The quantitative estimate of drug-likeness (QED) is 0.172. The lowest BCUT2D eigenvalue weighted by Gasteiger charge is -2.33. The largest absolute Gasteiger partial charge is 0.394 e. The van der Waals surface area contributed by atoms with E-state index in [9.17, 15) is 0 Å². The zero-order valence-electron chi connectivity index (χ0n) is 23.3. The Hall–Kier alpha value is -1.80. The summed E-state index contributed by atoms with van der Waals surface area (Å²) in [7, 11) is 1.91. The van der Waals surface area contributed by atoms with Crippen LogP contribution in [-0.2, 0) is 0 Å². The van der Waals surface area contributed by atoms with Gasteiger partial charge in [0.15, 0.2) is 0 Å². The highest BCUT2D eigenvalue weighted by Crippen LogP contribution is 2.41. The molecule has 0 aliphatic heterocycles. The molecule has 1 aliphatic rings. The lowest BCUT2D eigenvalue weighted by Crippen LogP contribution is -2.21. The fourth-order valence-corrected chi connectivity index (χ4v) is 5.75. The van der Waals surface area contributed by atoms with Crippen molar-refractivity contribution in [3.8, 4) is 0 Å². The first-order chi connectivity index (χ1) is 17.0. The summed E-state index contributed by atoms with van der Waals surface area (Å²) in [6.07, 6.45) is 23.0. The van der Waals surface area contributed by atoms with Crippen molar-refractivity contribution in [2.24, 2.45) is 17.8 Å². The van der Waals surface area contributed by atoms with Crippen molar-refractivity contribution >= 4 is 5.57 Å². The van der Waals surface area contributed by atoms with Gasteiger partial charge in [-0.15, -0.1) is 0 Å². The molecule has 2 rings (SSSR count). The van der Waals surface area contributed by atoms with Gasteiger partial charge in [-0.25, -0.2) is 0 Å². The van der Waals surface area contributed by atoms with Crippen LogP contribution in [0.2, 0.25) is 0 Å². The van der Waals surface area contributed by atoms with Gasteiger partial charge in [-0.2, -0.15) is 0 Å². The first kappa shape index (κ1) is 29.4. The van der Waals surface area contributed by atoms with Gasteiger partial charge in [-0.05, 0) is 97.8 Å². The maximum atomic E-state index is 4.29. The maximum Gasteiger partial charge on any atom is 0.00277 e. The van der Waals surface area contributed by atoms with E-state index in [4.69, 9.17) is 0 Å². The Morgan fingerprint density at radius 1 is 1.06 bits per heavy atom. The molecule has 2 heteroatoms. The van der Waals surface area contributed by atoms with Crippen LogP contribution < -0.4 is 10.6 Å². The lowest BCUT2D eigenvalue weighted by molar-refractivity contribution is 0.228. The number of allylic oxidation sites excluding steroid dienone is 4. The predicted molar refractivity (Wildman–Crippen MR) is 157 cm³/mol. The molecular weight excluding hydrogens is 424 g/mol. The summed E-state index contributed by atoms with van der Waals surface area (Å²) in [6, 6.07) is 9.15. The third-order valence-corrected chi connectivity index (χ3v) is 8.01. The minimum Gasteiger partial charge on any atom is -0.394 e. The maximum absolute atomic E-state index is 4.29. The van der Waals surface area contributed by atoms with Gasteiger partial charge in [0.05, 0.1) is 0 Å².